The van der Waals surface area contributed by atoms with Gasteiger partial charge in [-0.25, -0.2) is 9.78 Å². The highest BCUT2D eigenvalue weighted by atomic mass is 16.6. The number of carbonyl (C=O) groups excluding carboxylic acids is 3. The number of nitrogens with one attached hydrogen (secondary N) is 2. The minimum absolute atomic E-state index is 0.109. The summed E-state index contributed by atoms with van der Waals surface area (Å²) in [5.74, 6) is 0.431. The molecule has 0 bridgehead atoms. The molecule has 3 amide bonds. The van der Waals surface area contributed by atoms with Crippen LogP contribution in [0.1, 0.15) is 50.9 Å². The van der Waals surface area contributed by atoms with Crippen molar-refractivity contribution < 1.29 is 23.9 Å². The van der Waals surface area contributed by atoms with Crippen LogP contribution in [0.2, 0.25) is 0 Å². The average molecular weight is 567 g/mol. The number of primary amides is 2. The fraction of sp³-hybridized carbons (Fsp3) is 0.414. The van der Waals surface area contributed by atoms with Crippen molar-refractivity contribution in [2.45, 2.75) is 58.6 Å². The van der Waals surface area contributed by atoms with E-state index >= 15 is 0 Å². The molecule has 2 aromatic heterocycles. The third-order valence-corrected chi connectivity index (χ3v) is 6.12. The van der Waals surface area contributed by atoms with Gasteiger partial charge in [-0.3, -0.25) is 14.4 Å². The number of benzene rings is 1. The Kier molecular flexibility index (Phi) is 11.6. The Balaban J connectivity index is 0.000000436. The summed E-state index contributed by atoms with van der Waals surface area (Å²) in [5, 5.41) is 2.67. The van der Waals surface area contributed by atoms with Crippen molar-refractivity contribution in [3.8, 4) is 0 Å². The highest BCUT2D eigenvalue weighted by molar-refractivity contribution is 5.90. The number of aromatic nitrogens is 3. The first-order valence-corrected chi connectivity index (χ1v) is 13.6. The lowest BCUT2D eigenvalue weighted by Crippen LogP contribution is -2.26. The van der Waals surface area contributed by atoms with Crippen LogP contribution in [0.5, 0.6) is 0 Å². The maximum Gasteiger partial charge on any atom is 0.404 e. The number of rotatable bonds is 11. The third kappa shape index (κ3) is 10.2. The van der Waals surface area contributed by atoms with Crippen molar-refractivity contribution in [3.63, 3.8) is 0 Å². The molecule has 6 N–H and O–H groups in total. The van der Waals surface area contributed by atoms with Gasteiger partial charge in [0.25, 0.3) is 5.56 Å². The second-order valence-electron chi connectivity index (χ2n) is 10.1. The van der Waals surface area contributed by atoms with Gasteiger partial charge < -0.3 is 35.8 Å². The molecule has 12 nitrogen and oxygen atoms in total. The Morgan fingerprint density at radius 3 is 2.73 bits per heavy atom. The summed E-state index contributed by atoms with van der Waals surface area (Å²) in [6, 6.07) is 9.38. The fourth-order valence-corrected chi connectivity index (χ4v) is 4.30. The second-order valence-corrected chi connectivity index (χ2v) is 10.1. The number of hydrogen-bond donors (Lipinski definition) is 4. The van der Waals surface area contributed by atoms with Gasteiger partial charge in [-0.1, -0.05) is 32.1 Å². The number of nitrogens with two attached hydrogens (primary N) is 2. The Labute approximate surface area is 238 Å². The number of anilines is 1. The first-order valence-electron chi connectivity index (χ1n) is 13.6. The number of pyridine rings is 1. The van der Waals surface area contributed by atoms with Crippen LogP contribution in [0.3, 0.4) is 0 Å². The van der Waals surface area contributed by atoms with E-state index in [1.54, 1.807) is 24.4 Å². The minimum atomic E-state index is -0.717. The van der Waals surface area contributed by atoms with Crippen LogP contribution < -0.4 is 22.3 Å². The predicted octanol–water partition coefficient (Wildman–Crippen LogP) is 2.99. The first kappa shape index (κ1) is 31.1. The number of nitrogens with zero attached hydrogens (tertiary/aromatic N) is 2. The van der Waals surface area contributed by atoms with Crippen LogP contribution in [0.15, 0.2) is 53.5 Å². The SMILES string of the molecule is CC(C)Cc1cccc2[nH]c(Cn3cccc(NC(=O)CCC/C=C/C(N)=O)c3=O)nc12.NC(=O)OC1CCOC1. The lowest BCUT2D eigenvalue weighted by Gasteiger charge is -2.08. The molecule has 3 aromatic rings. The molecule has 0 spiro atoms. The summed E-state index contributed by atoms with van der Waals surface area (Å²) in [7, 11) is 0. The molecule has 1 unspecified atom stereocenters. The van der Waals surface area contributed by atoms with Gasteiger partial charge in [-0.15, -0.1) is 0 Å². The van der Waals surface area contributed by atoms with E-state index in [-0.39, 0.29) is 36.2 Å². The number of ether oxygens (including phenoxy) is 2. The molecule has 1 saturated heterocycles. The summed E-state index contributed by atoms with van der Waals surface area (Å²) < 4.78 is 11.1. The first-order chi connectivity index (χ1) is 19.6. The van der Waals surface area contributed by atoms with Crippen LogP contribution in [0.25, 0.3) is 11.0 Å². The number of imidazole rings is 1. The minimum Gasteiger partial charge on any atom is -0.444 e. The lowest BCUT2D eigenvalue weighted by atomic mass is 10.0. The van der Waals surface area contributed by atoms with Gasteiger partial charge in [0.05, 0.1) is 30.8 Å². The van der Waals surface area contributed by atoms with Gasteiger partial charge in [0.2, 0.25) is 11.8 Å². The zero-order valence-electron chi connectivity index (χ0n) is 23.4. The number of carbonyl (C=O) groups is 3. The fourth-order valence-electron chi connectivity index (χ4n) is 4.30. The molecule has 41 heavy (non-hydrogen) atoms. The Morgan fingerprint density at radius 2 is 2.05 bits per heavy atom. The largest absolute Gasteiger partial charge is 0.444 e. The number of para-hydroxylation sites is 1. The molecule has 0 saturated carbocycles. The van der Waals surface area contributed by atoms with E-state index < -0.39 is 12.0 Å². The van der Waals surface area contributed by atoms with Crippen LogP contribution in [0.4, 0.5) is 10.5 Å². The standard InChI is InChI=1S/C24H29N5O3.C5H9NO3/c1-16(2)14-17-8-6-9-18-23(17)28-21(26-18)15-29-13-7-10-19(24(29)32)27-22(31)12-5-3-4-11-20(25)30;6-5(7)9-4-1-2-8-3-4/h4,6-11,13,16H,3,5,12,14-15H2,1-2H3,(H2,25,30)(H,26,28)(H,27,31);4H,1-3H2,(H2,6,7)/b11-4+;. The zero-order chi connectivity index (χ0) is 29.8. The summed E-state index contributed by atoms with van der Waals surface area (Å²) >= 11 is 0. The molecule has 12 heteroatoms. The molecule has 1 aromatic carbocycles. The molecule has 4 rings (SSSR count). The van der Waals surface area contributed by atoms with Gasteiger partial charge in [0.15, 0.2) is 0 Å². The number of amides is 3. The van der Waals surface area contributed by atoms with Gasteiger partial charge in [0, 0.05) is 19.0 Å². The second kappa shape index (κ2) is 15.4. The number of H-pyrrole nitrogens is 1. The molecule has 220 valence electrons. The van der Waals surface area contributed by atoms with Crippen LogP contribution >= 0.6 is 0 Å². The van der Waals surface area contributed by atoms with E-state index in [0.717, 1.165) is 23.9 Å². The molecular formula is C29H38N6O6. The summed E-state index contributed by atoms with van der Waals surface area (Å²) in [6.45, 7) is 5.77. The number of hydrogen-bond acceptors (Lipinski definition) is 7. The molecule has 0 radical (unpaired) electrons. The van der Waals surface area contributed by atoms with Crippen LogP contribution in [-0.4, -0.2) is 51.8 Å². The van der Waals surface area contributed by atoms with E-state index in [2.05, 4.69) is 35.0 Å². The maximum atomic E-state index is 12.8. The predicted molar refractivity (Wildman–Crippen MR) is 155 cm³/mol. The van der Waals surface area contributed by atoms with E-state index in [0.29, 0.717) is 37.8 Å². The Bertz CT molecular complexity index is 1420. The summed E-state index contributed by atoms with van der Waals surface area (Å²) in [6.07, 6.45) is 6.80. The van der Waals surface area contributed by atoms with Crippen molar-refractivity contribution >= 4 is 34.6 Å². The van der Waals surface area contributed by atoms with Crippen molar-refractivity contribution in [3.05, 3.63) is 70.4 Å². The molecule has 1 aliphatic heterocycles. The quantitative estimate of drug-likeness (QED) is 0.203. The number of aromatic amines is 1. The van der Waals surface area contributed by atoms with Crippen LogP contribution in [0, 0.1) is 5.92 Å². The number of fused-ring (bicyclic) bond motifs is 1. The monoisotopic (exact) mass is 566 g/mol. The molecule has 1 fully saturated rings. The zero-order valence-corrected chi connectivity index (χ0v) is 23.4. The van der Waals surface area contributed by atoms with E-state index in [1.807, 2.05) is 12.1 Å². The highest BCUT2D eigenvalue weighted by Crippen LogP contribution is 2.20. The number of unbranched alkanes of at least 4 members (excludes halogenated alkanes) is 1. The van der Waals surface area contributed by atoms with E-state index in [4.69, 9.17) is 21.2 Å². The van der Waals surface area contributed by atoms with Gasteiger partial charge >= 0.3 is 6.09 Å². The topological polar surface area (TPSA) is 184 Å². The third-order valence-electron chi connectivity index (χ3n) is 6.12. The molecule has 1 atom stereocenters. The molecular weight excluding hydrogens is 528 g/mol. The van der Waals surface area contributed by atoms with Crippen molar-refractivity contribution in [1.82, 2.24) is 14.5 Å². The average Bonchev–Trinajstić information content (AvgIpc) is 3.56. The van der Waals surface area contributed by atoms with Gasteiger partial charge in [-0.2, -0.15) is 0 Å². The van der Waals surface area contributed by atoms with E-state index in [1.165, 1.54) is 16.2 Å². The normalized spacial score (nSPS) is 14.7. The highest BCUT2D eigenvalue weighted by Gasteiger charge is 2.18. The lowest BCUT2D eigenvalue weighted by molar-refractivity contribution is -0.116. The summed E-state index contributed by atoms with van der Waals surface area (Å²) in [5.41, 5.74) is 12.8. The van der Waals surface area contributed by atoms with E-state index in [9.17, 15) is 19.2 Å². The van der Waals surface area contributed by atoms with Gasteiger partial charge in [-0.05, 0) is 55.0 Å². The van der Waals surface area contributed by atoms with Crippen molar-refractivity contribution in [2.24, 2.45) is 17.4 Å². The van der Waals surface area contributed by atoms with Gasteiger partial charge in [0.1, 0.15) is 17.6 Å². The van der Waals surface area contributed by atoms with Crippen molar-refractivity contribution in [2.75, 3.05) is 18.5 Å². The number of allylic oxidation sites excluding steroid dienone is 1. The molecule has 1 aliphatic rings. The maximum absolute atomic E-state index is 12.8. The summed E-state index contributed by atoms with van der Waals surface area (Å²) in [4.78, 5) is 53.8. The molecule has 3 heterocycles. The van der Waals surface area contributed by atoms with Crippen LogP contribution in [-0.2, 0) is 32.0 Å². The Hall–Kier alpha value is -4.45. The van der Waals surface area contributed by atoms with Crippen molar-refractivity contribution in [1.29, 1.82) is 0 Å². The smallest absolute Gasteiger partial charge is 0.404 e. The molecule has 0 aliphatic carbocycles. The Morgan fingerprint density at radius 1 is 1.24 bits per heavy atom.